The molecule has 2 aromatic rings. The van der Waals surface area contributed by atoms with E-state index in [-0.39, 0.29) is 23.9 Å². The van der Waals surface area contributed by atoms with Crippen molar-refractivity contribution in [2.45, 2.75) is 64.0 Å². The van der Waals surface area contributed by atoms with Crippen LogP contribution in [0.3, 0.4) is 0 Å². The molecule has 1 aromatic heterocycles. The Labute approximate surface area is 189 Å². The number of hydrogen-bond donors (Lipinski definition) is 3. The van der Waals surface area contributed by atoms with Gasteiger partial charge in [0.25, 0.3) is 0 Å². The van der Waals surface area contributed by atoms with E-state index in [2.05, 4.69) is 25.5 Å². The van der Waals surface area contributed by atoms with Crippen LogP contribution in [0.5, 0.6) is 0 Å². The van der Waals surface area contributed by atoms with E-state index in [1.54, 1.807) is 6.20 Å². The second kappa shape index (κ2) is 8.60. The summed E-state index contributed by atoms with van der Waals surface area (Å²) in [5.74, 6) is 3.26. The molecule has 4 aliphatic rings. The summed E-state index contributed by atoms with van der Waals surface area (Å²) < 4.78 is 2.08. The fourth-order valence-electron chi connectivity index (χ4n) is 6.52. The molecule has 4 aliphatic carbocycles. The zero-order valence-electron chi connectivity index (χ0n) is 18.8. The lowest BCUT2D eigenvalue weighted by atomic mass is 9.53. The van der Waals surface area contributed by atoms with Crippen molar-refractivity contribution in [1.82, 2.24) is 20.2 Å². The van der Waals surface area contributed by atoms with Crippen LogP contribution in [0.25, 0.3) is 0 Å². The van der Waals surface area contributed by atoms with Gasteiger partial charge in [-0.2, -0.15) is 0 Å². The average molecular weight is 436 g/mol. The Kier molecular flexibility index (Phi) is 5.66. The molecule has 0 radical (unpaired) electrons. The normalized spacial score (nSPS) is 27.8. The van der Waals surface area contributed by atoms with Gasteiger partial charge in [0.15, 0.2) is 0 Å². The number of anilines is 1. The lowest BCUT2D eigenvalue weighted by molar-refractivity contribution is -0.116. The van der Waals surface area contributed by atoms with Gasteiger partial charge in [0.1, 0.15) is 5.82 Å². The summed E-state index contributed by atoms with van der Waals surface area (Å²) in [5.41, 5.74) is 1.91. The molecule has 4 bridgehead atoms. The minimum atomic E-state index is -0.126. The highest BCUT2D eigenvalue weighted by molar-refractivity contribution is 5.91. The van der Waals surface area contributed by atoms with Crippen molar-refractivity contribution >= 4 is 17.6 Å². The largest absolute Gasteiger partial charge is 0.338 e. The second-order valence-corrected chi connectivity index (χ2v) is 10.2. The molecule has 3 N–H and O–H groups in total. The van der Waals surface area contributed by atoms with Gasteiger partial charge in [-0.15, -0.1) is 0 Å². The Morgan fingerprint density at radius 3 is 2.31 bits per heavy atom. The Balaban J connectivity index is 1.04. The van der Waals surface area contributed by atoms with Crippen LogP contribution in [0.4, 0.5) is 10.5 Å². The molecular weight excluding hydrogens is 402 g/mol. The van der Waals surface area contributed by atoms with Crippen molar-refractivity contribution in [3.05, 3.63) is 48.0 Å². The quantitative estimate of drug-likeness (QED) is 0.617. The minimum absolute atomic E-state index is 0.00189. The molecule has 1 heterocycles. The predicted molar refractivity (Wildman–Crippen MR) is 123 cm³/mol. The van der Waals surface area contributed by atoms with E-state index < -0.39 is 0 Å². The molecule has 170 valence electrons. The third-order valence-corrected chi connectivity index (χ3v) is 7.57. The summed E-state index contributed by atoms with van der Waals surface area (Å²) in [6, 6.07) is 7.71. The van der Waals surface area contributed by atoms with Crippen molar-refractivity contribution in [3.63, 3.8) is 0 Å². The van der Waals surface area contributed by atoms with Gasteiger partial charge in [0.2, 0.25) is 5.91 Å². The molecule has 7 nitrogen and oxygen atoms in total. The van der Waals surface area contributed by atoms with Gasteiger partial charge in [0, 0.05) is 43.1 Å². The number of carbonyl (C=O) groups excluding carboxylic acids is 2. The molecule has 0 aliphatic heterocycles. The van der Waals surface area contributed by atoms with E-state index in [1.165, 1.54) is 19.3 Å². The number of carbonyl (C=O) groups is 2. The van der Waals surface area contributed by atoms with E-state index in [0.29, 0.717) is 6.54 Å². The number of benzene rings is 1. The lowest BCUT2D eigenvalue weighted by Gasteiger charge is -2.56. The molecule has 0 saturated heterocycles. The first-order chi connectivity index (χ1) is 15.5. The van der Waals surface area contributed by atoms with Crippen molar-refractivity contribution in [1.29, 1.82) is 0 Å². The van der Waals surface area contributed by atoms with Crippen LogP contribution >= 0.6 is 0 Å². The monoisotopic (exact) mass is 435 g/mol. The summed E-state index contributed by atoms with van der Waals surface area (Å²) in [4.78, 5) is 29.0. The fourth-order valence-corrected chi connectivity index (χ4v) is 6.52. The van der Waals surface area contributed by atoms with Gasteiger partial charge >= 0.3 is 6.03 Å². The number of hydrogen-bond acceptors (Lipinski definition) is 3. The molecule has 1 aromatic carbocycles. The number of rotatable bonds is 7. The van der Waals surface area contributed by atoms with E-state index >= 15 is 0 Å². The smallest absolute Gasteiger partial charge is 0.315 e. The zero-order chi connectivity index (χ0) is 22.1. The summed E-state index contributed by atoms with van der Waals surface area (Å²) in [7, 11) is 0. The third-order valence-electron chi connectivity index (χ3n) is 7.57. The van der Waals surface area contributed by atoms with Crippen molar-refractivity contribution in [3.8, 4) is 0 Å². The van der Waals surface area contributed by atoms with Crippen molar-refractivity contribution in [2.75, 3.05) is 11.9 Å². The summed E-state index contributed by atoms with van der Waals surface area (Å²) in [5, 5.41) is 9.09. The second-order valence-electron chi connectivity index (χ2n) is 10.2. The molecule has 0 atom stereocenters. The van der Waals surface area contributed by atoms with E-state index in [0.717, 1.165) is 60.6 Å². The molecule has 7 heteroatoms. The average Bonchev–Trinajstić information content (AvgIpc) is 3.12. The van der Waals surface area contributed by atoms with Crippen molar-refractivity contribution in [2.24, 2.45) is 17.8 Å². The van der Waals surface area contributed by atoms with E-state index in [9.17, 15) is 9.59 Å². The Bertz CT molecular complexity index is 945. The number of nitrogens with one attached hydrogen (secondary N) is 3. The van der Waals surface area contributed by atoms with Crippen LogP contribution in [-0.2, 0) is 11.3 Å². The highest BCUT2D eigenvalue weighted by Gasteiger charge is 2.51. The van der Waals surface area contributed by atoms with E-state index in [4.69, 9.17) is 0 Å². The topological polar surface area (TPSA) is 88.1 Å². The molecule has 6 rings (SSSR count). The Hall–Kier alpha value is -2.83. The van der Waals surface area contributed by atoms with Gasteiger partial charge < -0.3 is 20.5 Å². The molecule has 4 saturated carbocycles. The van der Waals surface area contributed by atoms with Crippen LogP contribution < -0.4 is 16.0 Å². The maximum atomic E-state index is 12.5. The number of amides is 3. The first-order valence-corrected chi connectivity index (χ1v) is 11.9. The van der Waals surface area contributed by atoms with Crippen LogP contribution in [0.1, 0.15) is 56.3 Å². The standard InChI is InChI=1S/C25H33N5O2/c1-17-26-8-9-30(17)16-18-2-4-22(5-3-18)28-23(31)6-7-27-24(32)29-25-13-19-10-20(14-25)12-21(11-19)15-25/h2-5,8-9,19-21H,6-7,10-16H2,1H3,(H,28,31)(H2,27,29,32). The van der Waals surface area contributed by atoms with Gasteiger partial charge in [-0.25, -0.2) is 9.78 Å². The predicted octanol–water partition coefficient (Wildman–Crippen LogP) is 3.84. The molecule has 0 unspecified atom stereocenters. The van der Waals surface area contributed by atoms with Crippen LogP contribution in [0.15, 0.2) is 36.7 Å². The number of aromatic nitrogens is 2. The van der Waals surface area contributed by atoms with Crippen molar-refractivity contribution < 1.29 is 9.59 Å². The van der Waals surface area contributed by atoms with Gasteiger partial charge in [-0.3, -0.25) is 4.79 Å². The first-order valence-electron chi connectivity index (χ1n) is 11.9. The number of imidazole rings is 1. The molecule has 3 amide bonds. The molecule has 32 heavy (non-hydrogen) atoms. The summed E-state index contributed by atoms with van der Waals surface area (Å²) in [6.45, 7) is 3.07. The van der Waals surface area contributed by atoms with Gasteiger partial charge in [-0.05, 0) is 80.9 Å². The zero-order valence-corrected chi connectivity index (χ0v) is 18.8. The van der Waals surface area contributed by atoms with Gasteiger partial charge in [-0.1, -0.05) is 12.1 Å². The number of urea groups is 1. The fraction of sp³-hybridized carbons (Fsp3) is 0.560. The SMILES string of the molecule is Cc1nccn1Cc1ccc(NC(=O)CCNC(=O)NC23CC4CC(CC(C4)C2)C3)cc1. The lowest BCUT2D eigenvalue weighted by Crippen LogP contribution is -2.61. The maximum absolute atomic E-state index is 12.5. The number of aryl methyl sites for hydroxylation is 1. The van der Waals surface area contributed by atoms with Crippen LogP contribution in [-0.4, -0.2) is 33.6 Å². The van der Waals surface area contributed by atoms with Gasteiger partial charge in [0.05, 0.1) is 0 Å². The number of nitrogens with zero attached hydrogens (tertiary/aromatic N) is 2. The first kappa shape index (κ1) is 21.0. The highest BCUT2D eigenvalue weighted by Crippen LogP contribution is 2.55. The minimum Gasteiger partial charge on any atom is -0.338 e. The summed E-state index contributed by atoms with van der Waals surface area (Å²) in [6.07, 6.45) is 11.5. The molecular formula is C25H33N5O2. The van der Waals surface area contributed by atoms with Crippen LogP contribution in [0, 0.1) is 24.7 Å². The molecule has 4 fully saturated rings. The Morgan fingerprint density at radius 1 is 1.06 bits per heavy atom. The maximum Gasteiger partial charge on any atom is 0.315 e. The molecule has 0 spiro atoms. The summed E-state index contributed by atoms with van der Waals surface area (Å²) >= 11 is 0. The van der Waals surface area contributed by atoms with E-state index in [1.807, 2.05) is 37.4 Å². The highest BCUT2D eigenvalue weighted by atomic mass is 16.2. The Morgan fingerprint density at radius 2 is 1.72 bits per heavy atom. The van der Waals surface area contributed by atoms with Crippen LogP contribution in [0.2, 0.25) is 0 Å². The third kappa shape index (κ3) is 4.66.